The fourth-order valence-electron chi connectivity index (χ4n) is 2.38. The van der Waals surface area contributed by atoms with Gasteiger partial charge in [0.1, 0.15) is 16.5 Å². The molecule has 0 saturated carbocycles. The van der Waals surface area contributed by atoms with E-state index in [1.165, 1.54) is 0 Å². The van der Waals surface area contributed by atoms with Crippen LogP contribution in [0.4, 0.5) is 0 Å². The van der Waals surface area contributed by atoms with E-state index >= 15 is 0 Å². The Kier molecular flexibility index (Phi) is 3.99. The lowest BCUT2D eigenvalue weighted by Gasteiger charge is -2.14. The van der Waals surface area contributed by atoms with Gasteiger partial charge in [-0.3, -0.25) is 0 Å². The molecular weight excluding hydrogens is 306 g/mol. The van der Waals surface area contributed by atoms with Crippen LogP contribution in [0.2, 0.25) is 5.02 Å². The molecule has 0 radical (unpaired) electrons. The number of hydrogen-bond donors (Lipinski definition) is 1. The van der Waals surface area contributed by atoms with Gasteiger partial charge in [0.25, 0.3) is 0 Å². The maximum atomic E-state index is 6.01. The molecule has 108 valence electrons. The third kappa shape index (κ3) is 2.96. The van der Waals surface area contributed by atoms with Gasteiger partial charge in [0, 0.05) is 10.6 Å². The van der Waals surface area contributed by atoms with Gasteiger partial charge >= 0.3 is 0 Å². The summed E-state index contributed by atoms with van der Waals surface area (Å²) in [6, 6.07) is 13.2. The van der Waals surface area contributed by atoms with Crippen LogP contribution in [0.15, 0.2) is 42.5 Å². The first-order chi connectivity index (χ1) is 10.1. The van der Waals surface area contributed by atoms with Gasteiger partial charge in [0.15, 0.2) is 0 Å². The molecule has 2 N–H and O–H groups in total. The molecule has 0 aliphatic carbocycles. The van der Waals surface area contributed by atoms with Crippen LogP contribution in [0.1, 0.15) is 17.0 Å². The van der Waals surface area contributed by atoms with Crippen molar-refractivity contribution in [1.82, 2.24) is 0 Å². The van der Waals surface area contributed by atoms with Crippen LogP contribution in [-0.2, 0) is 0 Å². The zero-order valence-electron chi connectivity index (χ0n) is 11.2. The van der Waals surface area contributed by atoms with E-state index in [9.17, 15) is 0 Å². The minimum absolute atomic E-state index is 0.194. The summed E-state index contributed by atoms with van der Waals surface area (Å²) < 4.78 is 11.5. The average Bonchev–Trinajstić information content (AvgIpc) is 2.88. The Morgan fingerprint density at radius 2 is 2.14 bits per heavy atom. The number of hydrogen-bond acceptors (Lipinski definition) is 3. The number of halogens is 1. The first-order valence-corrected chi connectivity index (χ1v) is 7.37. The van der Waals surface area contributed by atoms with E-state index in [0.29, 0.717) is 34.5 Å². The highest BCUT2D eigenvalue weighted by molar-refractivity contribution is 7.80. The molecule has 21 heavy (non-hydrogen) atoms. The molecule has 2 aromatic rings. The van der Waals surface area contributed by atoms with Crippen molar-refractivity contribution in [3.63, 3.8) is 0 Å². The summed E-state index contributed by atoms with van der Waals surface area (Å²) in [5.41, 5.74) is 7.57. The van der Waals surface area contributed by atoms with E-state index in [2.05, 4.69) is 6.07 Å². The van der Waals surface area contributed by atoms with Gasteiger partial charge in [-0.15, -0.1) is 0 Å². The maximum Gasteiger partial charge on any atom is 0.130 e. The predicted octanol–water partition coefficient (Wildman–Crippen LogP) is 3.53. The molecule has 0 spiro atoms. The SMILES string of the molecule is NC(=S)c1ccc(Cl)cc1OCC1COc2ccccc21. The lowest BCUT2D eigenvalue weighted by atomic mass is 10.0. The van der Waals surface area contributed by atoms with Crippen molar-refractivity contribution < 1.29 is 9.47 Å². The molecule has 3 nitrogen and oxygen atoms in total. The Bertz CT molecular complexity index is 690. The van der Waals surface area contributed by atoms with Crippen LogP contribution in [0.3, 0.4) is 0 Å². The molecule has 2 aromatic carbocycles. The number of nitrogens with two attached hydrogens (primary N) is 1. The smallest absolute Gasteiger partial charge is 0.130 e. The minimum atomic E-state index is 0.194. The van der Waals surface area contributed by atoms with Gasteiger partial charge in [0.05, 0.1) is 24.7 Å². The average molecular weight is 320 g/mol. The predicted molar refractivity (Wildman–Crippen MR) is 87.5 cm³/mol. The van der Waals surface area contributed by atoms with Gasteiger partial charge < -0.3 is 15.2 Å². The van der Waals surface area contributed by atoms with Crippen LogP contribution in [0.25, 0.3) is 0 Å². The van der Waals surface area contributed by atoms with Crippen molar-refractivity contribution in [2.75, 3.05) is 13.2 Å². The fraction of sp³-hybridized carbons (Fsp3) is 0.188. The summed E-state index contributed by atoms with van der Waals surface area (Å²) in [5, 5.41) is 0.591. The minimum Gasteiger partial charge on any atom is -0.493 e. The molecule has 0 amide bonds. The Morgan fingerprint density at radius 3 is 2.95 bits per heavy atom. The fourth-order valence-corrected chi connectivity index (χ4v) is 2.71. The van der Waals surface area contributed by atoms with Crippen molar-refractivity contribution in [2.24, 2.45) is 5.73 Å². The van der Waals surface area contributed by atoms with E-state index in [1.807, 2.05) is 18.2 Å². The molecule has 0 bridgehead atoms. The lowest BCUT2D eigenvalue weighted by molar-refractivity contribution is 0.248. The van der Waals surface area contributed by atoms with E-state index in [-0.39, 0.29) is 5.92 Å². The molecule has 1 aliphatic rings. The first-order valence-electron chi connectivity index (χ1n) is 6.59. The van der Waals surface area contributed by atoms with E-state index < -0.39 is 0 Å². The van der Waals surface area contributed by atoms with Crippen LogP contribution >= 0.6 is 23.8 Å². The Labute approximate surface area is 133 Å². The zero-order chi connectivity index (χ0) is 14.8. The quantitative estimate of drug-likeness (QED) is 0.876. The van der Waals surface area contributed by atoms with Crippen molar-refractivity contribution >= 4 is 28.8 Å². The van der Waals surface area contributed by atoms with Crippen LogP contribution in [-0.4, -0.2) is 18.2 Å². The third-order valence-corrected chi connectivity index (χ3v) is 3.90. The second-order valence-corrected chi connectivity index (χ2v) is 5.74. The zero-order valence-corrected chi connectivity index (χ0v) is 12.8. The summed E-state index contributed by atoms with van der Waals surface area (Å²) in [6.45, 7) is 1.11. The van der Waals surface area contributed by atoms with E-state index in [0.717, 1.165) is 11.3 Å². The molecule has 5 heteroatoms. The lowest BCUT2D eigenvalue weighted by Crippen LogP contribution is -2.15. The summed E-state index contributed by atoms with van der Waals surface area (Å²) in [7, 11) is 0. The molecule has 0 saturated heterocycles. The topological polar surface area (TPSA) is 44.5 Å². The molecule has 0 aromatic heterocycles. The van der Waals surface area contributed by atoms with Crippen molar-refractivity contribution in [2.45, 2.75) is 5.92 Å². The highest BCUT2D eigenvalue weighted by Crippen LogP contribution is 2.34. The Balaban J connectivity index is 1.77. The van der Waals surface area contributed by atoms with Gasteiger partial charge in [-0.05, 0) is 24.3 Å². The number of thiocarbonyl (C=S) groups is 1. The molecule has 1 aliphatic heterocycles. The number of benzene rings is 2. The largest absolute Gasteiger partial charge is 0.493 e. The van der Waals surface area contributed by atoms with Crippen molar-refractivity contribution in [1.29, 1.82) is 0 Å². The standard InChI is InChI=1S/C16H14ClNO2S/c17-11-5-6-13(16(18)21)15(7-11)20-9-10-8-19-14-4-2-1-3-12(10)14/h1-7,10H,8-9H2,(H2,18,21). The van der Waals surface area contributed by atoms with Crippen LogP contribution in [0, 0.1) is 0 Å². The molecule has 0 fully saturated rings. The molecule has 1 unspecified atom stereocenters. The van der Waals surface area contributed by atoms with E-state index in [4.69, 9.17) is 39.0 Å². The monoisotopic (exact) mass is 319 g/mol. The number of fused-ring (bicyclic) bond motifs is 1. The third-order valence-electron chi connectivity index (χ3n) is 3.45. The summed E-state index contributed by atoms with van der Waals surface area (Å²) in [5.74, 6) is 1.73. The second kappa shape index (κ2) is 5.92. The number of ether oxygens (including phenoxy) is 2. The summed E-state index contributed by atoms with van der Waals surface area (Å²) >= 11 is 11.0. The van der Waals surface area contributed by atoms with E-state index in [1.54, 1.807) is 18.2 Å². The van der Waals surface area contributed by atoms with Crippen LogP contribution < -0.4 is 15.2 Å². The Morgan fingerprint density at radius 1 is 1.33 bits per heavy atom. The number of para-hydroxylation sites is 1. The number of rotatable bonds is 4. The Hall–Kier alpha value is -1.78. The highest BCUT2D eigenvalue weighted by Gasteiger charge is 2.24. The van der Waals surface area contributed by atoms with Gasteiger partial charge in [-0.2, -0.15) is 0 Å². The molecule has 1 atom stereocenters. The van der Waals surface area contributed by atoms with Gasteiger partial charge in [-0.1, -0.05) is 42.0 Å². The van der Waals surface area contributed by atoms with Gasteiger partial charge in [-0.25, -0.2) is 0 Å². The van der Waals surface area contributed by atoms with Crippen molar-refractivity contribution in [3.8, 4) is 11.5 Å². The maximum absolute atomic E-state index is 6.01. The molecule has 1 heterocycles. The van der Waals surface area contributed by atoms with Gasteiger partial charge in [0.2, 0.25) is 0 Å². The molecule has 3 rings (SSSR count). The highest BCUT2D eigenvalue weighted by atomic mass is 35.5. The summed E-state index contributed by atoms with van der Waals surface area (Å²) in [4.78, 5) is 0.296. The van der Waals surface area contributed by atoms with Crippen molar-refractivity contribution in [3.05, 3.63) is 58.6 Å². The summed E-state index contributed by atoms with van der Waals surface area (Å²) in [6.07, 6.45) is 0. The second-order valence-electron chi connectivity index (χ2n) is 4.86. The molecular formula is C16H14ClNO2S. The van der Waals surface area contributed by atoms with Crippen LogP contribution in [0.5, 0.6) is 11.5 Å². The first kappa shape index (κ1) is 14.2. The normalized spacial score (nSPS) is 16.1.